The molecule has 1 aromatic heterocycles. The van der Waals surface area contributed by atoms with Gasteiger partial charge in [-0.05, 0) is 24.6 Å². The molecule has 3 N–H and O–H groups in total. The highest BCUT2D eigenvalue weighted by Crippen LogP contribution is 2.21. The molecule has 2 aromatic rings. The zero-order chi connectivity index (χ0) is 9.97. The van der Waals surface area contributed by atoms with Crippen LogP contribution in [0.4, 0.5) is 5.69 Å². The number of aliphatic hydroxyl groups excluding tert-OH is 1. The number of aliphatic hydroxyl groups is 1. The van der Waals surface area contributed by atoms with Crippen LogP contribution < -0.4 is 5.73 Å². The van der Waals surface area contributed by atoms with E-state index in [4.69, 9.17) is 10.8 Å². The zero-order valence-corrected chi connectivity index (χ0v) is 7.98. The first-order valence-corrected chi connectivity index (χ1v) is 4.77. The van der Waals surface area contributed by atoms with Crippen LogP contribution in [0, 0.1) is 0 Å². The number of benzene rings is 1. The highest BCUT2D eigenvalue weighted by atomic mass is 16.3. The summed E-state index contributed by atoms with van der Waals surface area (Å²) in [4.78, 5) is 0. The monoisotopic (exact) mass is 190 g/mol. The van der Waals surface area contributed by atoms with Gasteiger partial charge in [0.1, 0.15) is 0 Å². The summed E-state index contributed by atoms with van der Waals surface area (Å²) in [7, 11) is 0. The van der Waals surface area contributed by atoms with Crippen molar-refractivity contribution >= 4 is 16.6 Å². The van der Waals surface area contributed by atoms with Gasteiger partial charge in [-0.15, -0.1) is 0 Å². The Labute approximate surface area is 82.8 Å². The van der Waals surface area contributed by atoms with E-state index in [1.54, 1.807) is 0 Å². The minimum absolute atomic E-state index is 0.224. The fraction of sp³-hybridized carbons (Fsp3) is 0.273. The molecule has 1 aromatic carbocycles. The van der Waals surface area contributed by atoms with Crippen molar-refractivity contribution in [2.75, 3.05) is 12.3 Å². The van der Waals surface area contributed by atoms with Crippen molar-refractivity contribution in [3.05, 3.63) is 30.5 Å². The van der Waals surface area contributed by atoms with E-state index in [9.17, 15) is 0 Å². The molecule has 0 spiro atoms. The minimum Gasteiger partial charge on any atom is -0.398 e. The number of anilines is 1. The Bertz CT molecular complexity index is 434. The molecule has 0 unspecified atom stereocenters. The van der Waals surface area contributed by atoms with E-state index in [-0.39, 0.29) is 6.61 Å². The van der Waals surface area contributed by atoms with Gasteiger partial charge in [-0.2, -0.15) is 0 Å². The highest BCUT2D eigenvalue weighted by molar-refractivity contribution is 5.91. The quantitative estimate of drug-likeness (QED) is 0.722. The molecule has 14 heavy (non-hydrogen) atoms. The minimum atomic E-state index is 0.224. The SMILES string of the molecule is Nc1cccc2c1ccn2CCCO. The summed E-state index contributed by atoms with van der Waals surface area (Å²) in [6.07, 6.45) is 2.79. The van der Waals surface area contributed by atoms with E-state index >= 15 is 0 Å². The molecule has 3 nitrogen and oxygen atoms in total. The Morgan fingerprint density at radius 1 is 1.29 bits per heavy atom. The van der Waals surface area contributed by atoms with Gasteiger partial charge < -0.3 is 15.4 Å². The summed E-state index contributed by atoms with van der Waals surface area (Å²) < 4.78 is 2.11. The summed E-state index contributed by atoms with van der Waals surface area (Å²) in [5, 5.41) is 9.84. The summed E-state index contributed by atoms with van der Waals surface area (Å²) in [5.74, 6) is 0. The van der Waals surface area contributed by atoms with E-state index in [1.165, 1.54) is 0 Å². The van der Waals surface area contributed by atoms with Gasteiger partial charge in [0.05, 0.1) is 5.52 Å². The van der Waals surface area contributed by atoms with E-state index in [1.807, 2.05) is 30.5 Å². The first kappa shape index (κ1) is 9.09. The third-order valence-electron chi connectivity index (χ3n) is 2.40. The van der Waals surface area contributed by atoms with Crippen LogP contribution in [0.15, 0.2) is 30.5 Å². The molecule has 0 saturated carbocycles. The van der Waals surface area contributed by atoms with Crippen LogP contribution >= 0.6 is 0 Å². The molecule has 0 saturated heterocycles. The van der Waals surface area contributed by atoms with Gasteiger partial charge in [0.2, 0.25) is 0 Å². The lowest BCUT2D eigenvalue weighted by atomic mass is 10.2. The predicted octanol–water partition coefficient (Wildman–Crippen LogP) is 1.61. The molecular formula is C11H14N2O. The third kappa shape index (κ3) is 1.46. The fourth-order valence-corrected chi connectivity index (χ4v) is 1.68. The van der Waals surface area contributed by atoms with E-state index in [0.717, 1.165) is 29.6 Å². The average molecular weight is 190 g/mol. The zero-order valence-electron chi connectivity index (χ0n) is 7.98. The maximum atomic E-state index is 8.75. The number of nitrogens with two attached hydrogens (primary N) is 1. The van der Waals surface area contributed by atoms with Gasteiger partial charge in [0.15, 0.2) is 0 Å². The molecule has 0 amide bonds. The number of nitrogen functional groups attached to an aromatic ring is 1. The Kier molecular flexibility index (Phi) is 2.41. The van der Waals surface area contributed by atoms with Gasteiger partial charge in [0, 0.05) is 30.4 Å². The lowest BCUT2D eigenvalue weighted by Crippen LogP contribution is -1.98. The number of hydrogen-bond donors (Lipinski definition) is 2. The topological polar surface area (TPSA) is 51.2 Å². The molecule has 0 atom stereocenters. The number of fused-ring (bicyclic) bond motifs is 1. The second kappa shape index (κ2) is 3.72. The number of rotatable bonds is 3. The van der Waals surface area contributed by atoms with E-state index < -0.39 is 0 Å². The Morgan fingerprint density at radius 3 is 2.93 bits per heavy atom. The van der Waals surface area contributed by atoms with Crippen LogP contribution in [0.3, 0.4) is 0 Å². The van der Waals surface area contributed by atoms with E-state index in [2.05, 4.69) is 4.57 Å². The van der Waals surface area contributed by atoms with Gasteiger partial charge in [-0.1, -0.05) is 6.07 Å². The molecule has 0 radical (unpaired) electrons. The maximum Gasteiger partial charge on any atom is 0.0501 e. The van der Waals surface area contributed by atoms with Crippen molar-refractivity contribution in [1.29, 1.82) is 0 Å². The van der Waals surface area contributed by atoms with Crippen LogP contribution in [0.2, 0.25) is 0 Å². The summed E-state index contributed by atoms with van der Waals surface area (Å²) in [6, 6.07) is 7.91. The second-order valence-electron chi connectivity index (χ2n) is 3.37. The highest BCUT2D eigenvalue weighted by Gasteiger charge is 2.01. The van der Waals surface area contributed by atoms with Crippen LogP contribution in [0.5, 0.6) is 0 Å². The van der Waals surface area contributed by atoms with Crippen LogP contribution in [-0.4, -0.2) is 16.3 Å². The van der Waals surface area contributed by atoms with Gasteiger partial charge >= 0.3 is 0 Å². The van der Waals surface area contributed by atoms with Crippen molar-refractivity contribution in [1.82, 2.24) is 4.57 Å². The smallest absolute Gasteiger partial charge is 0.0501 e. The molecule has 0 fully saturated rings. The molecule has 2 rings (SSSR count). The molecule has 3 heteroatoms. The normalized spacial score (nSPS) is 10.9. The molecule has 0 bridgehead atoms. The third-order valence-corrected chi connectivity index (χ3v) is 2.40. The first-order chi connectivity index (χ1) is 6.83. The van der Waals surface area contributed by atoms with Crippen molar-refractivity contribution in [2.45, 2.75) is 13.0 Å². The van der Waals surface area contributed by atoms with Crippen molar-refractivity contribution in [2.24, 2.45) is 0 Å². The largest absolute Gasteiger partial charge is 0.398 e. The summed E-state index contributed by atoms with van der Waals surface area (Å²) >= 11 is 0. The first-order valence-electron chi connectivity index (χ1n) is 4.77. The molecule has 0 aliphatic heterocycles. The number of nitrogens with zero attached hydrogens (tertiary/aromatic N) is 1. The molecule has 0 aliphatic rings. The van der Waals surface area contributed by atoms with Crippen LogP contribution in [-0.2, 0) is 6.54 Å². The van der Waals surface area contributed by atoms with Crippen molar-refractivity contribution in [3.63, 3.8) is 0 Å². The van der Waals surface area contributed by atoms with Gasteiger partial charge in [-0.3, -0.25) is 0 Å². The predicted molar refractivity (Wildman–Crippen MR) is 58.1 cm³/mol. The molecule has 74 valence electrons. The van der Waals surface area contributed by atoms with Crippen molar-refractivity contribution < 1.29 is 5.11 Å². The molecule has 0 aliphatic carbocycles. The average Bonchev–Trinajstić information content (AvgIpc) is 2.60. The van der Waals surface area contributed by atoms with E-state index in [0.29, 0.717) is 0 Å². The van der Waals surface area contributed by atoms with Gasteiger partial charge in [-0.25, -0.2) is 0 Å². The summed E-state index contributed by atoms with van der Waals surface area (Å²) in [5.41, 5.74) is 7.78. The lowest BCUT2D eigenvalue weighted by Gasteiger charge is -2.03. The number of aromatic nitrogens is 1. The summed E-state index contributed by atoms with van der Waals surface area (Å²) in [6.45, 7) is 1.06. The number of aryl methyl sites for hydroxylation is 1. The molecule has 1 heterocycles. The Hall–Kier alpha value is -1.48. The standard InChI is InChI=1S/C11H14N2O/c12-10-3-1-4-11-9(10)5-7-13(11)6-2-8-14/h1,3-5,7,14H,2,6,8,12H2. The number of hydrogen-bond acceptors (Lipinski definition) is 2. The lowest BCUT2D eigenvalue weighted by molar-refractivity contribution is 0.280. The second-order valence-corrected chi connectivity index (χ2v) is 3.37. The van der Waals surface area contributed by atoms with Crippen molar-refractivity contribution in [3.8, 4) is 0 Å². The van der Waals surface area contributed by atoms with Crippen LogP contribution in [0.1, 0.15) is 6.42 Å². The molecular weight excluding hydrogens is 176 g/mol. The maximum absolute atomic E-state index is 8.75. The fourth-order valence-electron chi connectivity index (χ4n) is 1.68. The van der Waals surface area contributed by atoms with Crippen LogP contribution in [0.25, 0.3) is 10.9 Å². The van der Waals surface area contributed by atoms with Gasteiger partial charge in [0.25, 0.3) is 0 Å². The Morgan fingerprint density at radius 2 is 2.14 bits per heavy atom. The Balaban J connectivity index is 2.42.